The van der Waals surface area contributed by atoms with Gasteiger partial charge in [0.2, 0.25) is 0 Å². The second-order valence-corrected chi connectivity index (χ2v) is 4.04. The van der Waals surface area contributed by atoms with E-state index in [-0.39, 0.29) is 20.4 Å². The minimum Gasteiger partial charge on any atom is -0.662 e. The maximum Gasteiger partial charge on any atom is 0 e. The van der Waals surface area contributed by atoms with Crippen molar-refractivity contribution in [1.29, 1.82) is 0 Å². The summed E-state index contributed by atoms with van der Waals surface area (Å²) >= 11 is 0. The van der Waals surface area contributed by atoms with Gasteiger partial charge in [-0.05, 0) is 11.3 Å². The summed E-state index contributed by atoms with van der Waals surface area (Å²) in [6.45, 7) is 9.24. The standard InChI is InChI=1S/C10H20N.Re/c1-4-10(9(2)3)5-7-11-8-6-10;/h9H,4-8H2,1-3H3;/q-1;. The van der Waals surface area contributed by atoms with E-state index in [0.717, 1.165) is 19.0 Å². The van der Waals surface area contributed by atoms with Crippen molar-refractivity contribution in [3.63, 3.8) is 0 Å². The summed E-state index contributed by atoms with van der Waals surface area (Å²) in [6.07, 6.45) is 3.97. The van der Waals surface area contributed by atoms with Gasteiger partial charge in [0.05, 0.1) is 0 Å². The Morgan fingerprint density at radius 1 is 1.25 bits per heavy atom. The third-order valence-corrected chi connectivity index (χ3v) is 3.46. The summed E-state index contributed by atoms with van der Waals surface area (Å²) in [6, 6.07) is 0. The maximum absolute atomic E-state index is 4.40. The molecule has 1 aliphatic heterocycles. The fourth-order valence-electron chi connectivity index (χ4n) is 2.18. The summed E-state index contributed by atoms with van der Waals surface area (Å²) in [5, 5.41) is 4.40. The molecular weight excluding hydrogens is 320 g/mol. The zero-order chi connectivity index (χ0) is 8.32. The van der Waals surface area contributed by atoms with Gasteiger partial charge in [-0.1, -0.05) is 40.0 Å². The van der Waals surface area contributed by atoms with E-state index in [2.05, 4.69) is 26.1 Å². The van der Waals surface area contributed by atoms with Crippen LogP contribution in [0.2, 0.25) is 0 Å². The van der Waals surface area contributed by atoms with E-state index in [1.54, 1.807) is 0 Å². The van der Waals surface area contributed by atoms with Gasteiger partial charge in [0.15, 0.2) is 0 Å². The maximum atomic E-state index is 4.40. The average Bonchev–Trinajstić information content (AvgIpc) is 2.05. The van der Waals surface area contributed by atoms with E-state index < -0.39 is 0 Å². The molecule has 1 saturated heterocycles. The normalized spacial score (nSPS) is 22.0. The molecule has 1 radical (unpaired) electrons. The Bertz CT molecular complexity index is 117. The molecule has 2 heteroatoms. The monoisotopic (exact) mass is 341 g/mol. The Hall–Kier alpha value is 0.622. The van der Waals surface area contributed by atoms with Crippen LogP contribution in [0.25, 0.3) is 5.32 Å². The van der Waals surface area contributed by atoms with E-state index in [1.807, 2.05) is 0 Å². The van der Waals surface area contributed by atoms with Crippen LogP contribution in [0.5, 0.6) is 0 Å². The number of nitrogens with zero attached hydrogens (tertiary/aromatic N) is 1. The van der Waals surface area contributed by atoms with Gasteiger partial charge in [-0.3, -0.25) is 0 Å². The molecule has 12 heavy (non-hydrogen) atoms. The number of rotatable bonds is 2. The molecule has 73 valence electrons. The van der Waals surface area contributed by atoms with Gasteiger partial charge >= 0.3 is 0 Å². The van der Waals surface area contributed by atoms with Crippen molar-refractivity contribution < 1.29 is 20.4 Å². The molecular formula is C10H20NRe-. The van der Waals surface area contributed by atoms with Gasteiger partial charge in [0.1, 0.15) is 0 Å². The van der Waals surface area contributed by atoms with Crippen LogP contribution < -0.4 is 0 Å². The van der Waals surface area contributed by atoms with Crippen LogP contribution in [0.3, 0.4) is 0 Å². The first-order valence-corrected chi connectivity index (χ1v) is 4.84. The predicted octanol–water partition coefficient (Wildman–Crippen LogP) is 3.20. The molecule has 0 atom stereocenters. The minimum absolute atomic E-state index is 0. The van der Waals surface area contributed by atoms with Crippen LogP contribution in [0, 0.1) is 11.3 Å². The van der Waals surface area contributed by atoms with E-state index in [9.17, 15) is 0 Å². The Morgan fingerprint density at radius 3 is 2.00 bits per heavy atom. The zero-order valence-corrected chi connectivity index (χ0v) is 11.2. The van der Waals surface area contributed by atoms with Crippen LogP contribution >= 0.6 is 0 Å². The van der Waals surface area contributed by atoms with Gasteiger partial charge in [0, 0.05) is 20.4 Å². The third-order valence-electron chi connectivity index (χ3n) is 3.46. The second kappa shape index (κ2) is 5.37. The molecule has 0 aromatic carbocycles. The molecule has 0 aromatic rings. The Balaban J connectivity index is 0.00000121. The molecule has 1 rings (SSSR count). The zero-order valence-electron chi connectivity index (χ0n) is 8.44. The van der Waals surface area contributed by atoms with Crippen molar-refractivity contribution in [2.45, 2.75) is 40.0 Å². The summed E-state index contributed by atoms with van der Waals surface area (Å²) in [5.74, 6) is 0.836. The van der Waals surface area contributed by atoms with E-state index in [0.29, 0.717) is 5.41 Å². The first kappa shape index (κ1) is 12.6. The first-order valence-electron chi connectivity index (χ1n) is 4.84. The third kappa shape index (κ3) is 2.55. The molecule has 0 aliphatic carbocycles. The minimum atomic E-state index is 0. The van der Waals surface area contributed by atoms with E-state index in [1.165, 1.54) is 19.3 Å². The first-order chi connectivity index (χ1) is 5.21. The molecule has 0 aromatic heterocycles. The molecule has 0 saturated carbocycles. The molecule has 0 unspecified atom stereocenters. The van der Waals surface area contributed by atoms with Crippen molar-refractivity contribution in [1.82, 2.24) is 0 Å². The van der Waals surface area contributed by atoms with Crippen LogP contribution in [0.1, 0.15) is 40.0 Å². The fourth-order valence-corrected chi connectivity index (χ4v) is 2.18. The van der Waals surface area contributed by atoms with Crippen LogP contribution in [0.4, 0.5) is 0 Å². The van der Waals surface area contributed by atoms with Crippen LogP contribution in [-0.4, -0.2) is 13.1 Å². The largest absolute Gasteiger partial charge is 0.662 e. The number of piperidine rings is 1. The molecule has 0 bridgehead atoms. The smallest absolute Gasteiger partial charge is 0 e. The Morgan fingerprint density at radius 2 is 1.75 bits per heavy atom. The topological polar surface area (TPSA) is 14.1 Å². The van der Waals surface area contributed by atoms with Crippen molar-refractivity contribution in [2.75, 3.05) is 13.1 Å². The van der Waals surface area contributed by atoms with Crippen LogP contribution in [0.15, 0.2) is 0 Å². The molecule has 1 fully saturated rings. The van der Waals surface area contributed by atoms with Crippen LogP contribution in [-0.2, 0) is 20.4 Å². The van der Waals surface area contributed by atoms with Gasteiger partial charge in [0.25, 0.3) is 0 Å². The molecule has 1 heterocycles. The van der Waals surface area contributed by atoms with E-state index >= 15 is 0 Å². The molecule has 0 N–H and O–H groups in total. The predicted molar refractivity (Wildman–Crippen MR) is 49.9 cm³/mol. The quantitative estimate of drug-likeness (QED) is 0.733. The molecule has 1 aliphatic rings. The summed E-state index contributed by atoms with van der Waals surface area (Å²) in [5.41, 5.74) is 0.627. The molecule has 1 nitrogen and oxygen atoms in total. The Kier molecular flexibility index (Phi) is 5.65. The SMILES string of the molecule is CCC1(C(C)C)CC[N-]CC1.[Re]. The molecule has 0 amide bonds. The van der Waals surface area contributed by atoms with Gasteiger partial charge in [-0.15, -0.1) is 13.1 Å². The van der Waals surface area contributed by atoms with Crippen molar-refractivity contribution in [2.24, 2.45) is 11.3 Å². The van der Waals surface area contributed by atoms with Gasteiger partial charge in [-0.2, -0.15) is 0 Å². The Labute approximate surface area is 90.3 Å². The summed E-state index contributed by atoms with van der Waals surface area (Å²) in [7, 11) is 0. The molecule has 0 spiro atoms. The van der Waals surface area contributed by atoms with Crippen molar-refractivity contribution >= 4 is 0 Å². The number of hydrogen-bond acceptors (Lipinski definition) is 0. The van der Waals surface area contributed by atoms with Gasteiger partial charge < -0.3 is 5.32 Å². The second-order valence-electron chi connectivity index (χ2n) is 4.04. The average molecular weight is 340 g/mol. The summed E-state index contributed by atoms with van der Waals surface area (Å²) < 4.78 is 0. The fraction of sp³-hybridized carbons (Fsp3) is 1.00. The van der Waals surface area contributed by atoms with E-state index in [4.69, 9.17) is 0 Å². The van der Waals surface area contributed by atoms with Crippen molar-refractivity contribution in [3.8, 4) is 0 Å². The van der Waals surface area contributed by atoms with Crippen molar-refractivity contribution in [3.05, 3.63) is 5.32 Å². The number of hydrogen-bond donors (Lipinski definition) is 0. The summed E-state index contributed by atoms with van der Waals surface area (Å²) in [4.78, 5) is 0. The van der Waals surface area contributed by atoms with Gasteiger partial charge in [-0.25, -0.2) is 0 Å².